The Morgan fingerprint density at radius 2 is 2.27 bits per heavy atom. The van der Waals surface area contributed by atoms with E-state index >= 15 is 0 Å². The first-order chi connectivity index (χ1) is 4.74. The summed E-state index contributed by atoms with van der Waals surface area (Å²) in [6.07, 6.45) is 0. The number of rotatable bonds is 1. The molecule has 0 saturated carbocycles. The van der Waals surface area contributed by atoms with Gasteiger partial charge in [0.05, 0.1) is 4.21 Å². The molecule has 1 aromatic rings. The molecule has 3 nitrogen and oxygen atoms in total. The molecule has 0 aliphatic carbocycles. The Morgan fingerprint density at radius 3 is 2.55 bits per heavy atom. The third-order valence-electron chi connectivity index (χ3n) is 0.856. The SMILES string of the molecule is N#Cc1ccc(S(=O)[O-])s1.[Na+]. The molecule has 1 aromatic heterocycles. The molecule has 52 valence electrons. The Bertz CT molecular complexity index is 304. The molecule has 0 bridgehead atoms. The Morgan fingerprint density at radius 1 is 1.64 bits per heavy atom. The topological polar surface area (TPSA) is 63.9 Å². The van der Waals surface area contributed by atoms with Gasteiger partial charge in [0.15, 0.2) is 0 Å². The van der Waals surface area contributed by atoms with Gasteiger partial charge in [-0.05, 0) is 23.2 Å². The van der Waals surface area contributed by atoms with Crippen molar-refractivity contribution in [3.63, 3.8) is 0 Å². The maximum atomic E-state index is 10.2. The molecule has 0 aliphatic rings. The van der Waals surface area contributed by atoms with Crippen LogP contribution in [0.3, 0.4) is 0 Å². The van der Waals surface area contributed by atoms with Gasteiger partial charge in [-0.15, -0.1) is 11.3 Å². The summed E-state index contributed by atoms with van der Waals surface area (Å²) < 4.78 is 20.7. The number of hydrogen-bond acceptors (Lipinski definition) is 4. The van der Waals surface area contributed by atoms with Crippen molar-refractivity contribution in [1.29, 1.82) is 5.26 Å². The van der Waals surface area contributed by atoms with Gasteiger partial charge in [0.25, 0.3) is 0 Å². The molecular formula is C5H2NNaO2S2. The molecule has 0 saturated heterocycles. The normalized spacial score (nSPS) is 11.3. The van der Waals surface area contributed by atoms with Crippen LogP contribution < -0.4 is 29.6 Å². The number of thiophene rings is 1. The van der Waals surface area contributed by atoms with E-state index in [9.17, 15) is 8.76 Å². The van der Waals surface area contributed by atoms with E-state index in [-0.39, 0.29) is 33.8 Å². The van der Waals surface area contributed by atoms with Gasteiger partial charge in [-0.1, -0.05) is 0 Å². The van der Waals surface area contributed by atoms with E-state index in [1.807, 2.05) is 6.07 Å². The third-order valence-corrected chi connectivity index (χ3v) is 2.76. The fourth-order valence-electron chi connectivity index (χ4n) is 0.470. The van der Waals surface area contributed by atoms with E-state index in [2.05, 4.69) is 0 Å². The molecule has 11 heavy (non-hydrogen) atoms. The standard InChI is InChI=1S/C5H3NO2S2.Na/c6-3-4-1-2-5(9-4)10(7)8;/h1-2H,(H,7,8);/q;+1/p-1. The molecule has 6 heteroatoms. The van der Waals surface area contributed by atoms with Crippen LogP contribution >= 0.6 is 11.3 Å². The minimum Gasteiger partial charge on any atom is -0.768 e. The number of nitrogens with zero attached hydrogens (tertiary/aromatic N) is 1. The van der Waals surface area contributed by atoms with Crippen LogP contribution in [0.4, 0.5) is 0 Å². The molecule has 0 spiro atoms. The van der Waals surface area contributed by atoms with Crippen LogP contribution in [0.1, 0.15) is 4.88 Å². The van der Waals surface area contributed by atoms with Crippen LogP contribution in [0.2, 0.25) is 0 Å². The Balaban J connectivity index is 0.000001000. The third kappa shape index (κ3) is 3.03. The van der Waals surface area contributed by atoms with Crippen LogP contribution in [0.5, 0.6) is 0 Å². The van der Waals surface area contributed by atoms with E-state index in [1.165, 1.54) is 12.1 Å². The Hall–Kier alpha value is 0.300. The zero-order chi connectivity index (χ0) is 7.56. The second kappa shape index (κ2) is 5.04. The Labute approximate surface area is 92.6 Å². The molecule has 0 N–H and O–H groups in total. The second-order valence-electron chi connectivity index (χ2n) is 1.47. The van der Waals surface area contributed by atoms with Crippen molar-refractivity contribution in [3.05, 3.63) is 17.0 Å². The first-order valence-corrected chi connectivity index (χ1v) is 4.22. The van der Waals surface area contributed by atoms with Crippen LogP contribution in [0.15, 0.2) is 16.3 Å². The van der Waals surface area contributed by atoms with Gasteiger partial charge in [0.2, 0.25) is 0 Å². The van der Waals surface area contributed by atoms with Gasteiger partial charge < -0.3 is 4.55 Å². The molecular weight excluding hydrogens is 193 g/mol. The minimum absolute atomic E-state index is 0. The average Bonchev–Trinajstić information content (AvgIpc) is 2.34. The molecule has 0 amide bonds. The van der Waals surface area contributed by atoms with Gasteiger partial charge in [-0.3, -0.25) is 4.21 Å². The molecule has 1 rings (SSSR count). The molecule has 0 aliphatic heterocycles. The summed E-state index contributed by atoms with van der Waals surface area (Å²) in [5.74, 6) is 0. The van der Waals surface area contributed by atoms with Crippen molar-refractivity contribution in [1.82, 2.24) is 0 Å². The second-order valence-corrected chi connectivity index (χ2v) is 3.72. The largest absolute Gasteiger partial charge is 1.00 e. The van der Waals surface area contributed by atoms with Crippen LogP contribution in [0.25, 0.3) is 0 Å². The summed E-state index contributed by atoms with van der Waals surface area (Å²) in [5, 5.41) is 8.29. The first-order valence-electron chi connectivity index (χ1n) is 2.33. The van der Waals surface area contributed by atoms with Crippen molar-refractivity contribution in [2.45, 2.75) is 4.21 Å². The van der Waals surface area contributed by atoms with E-state index in [0.29, 0.717) is 4.88 Å². The van der Waals surface area contributed by atoms with Crippen molar-refractivity contribution in [2.24, 2.45) is 0 Å². The zero-order valence-corrected chi connectivity index (χ0v) is 9.37. The van der Waals surface area contributed by atoms with Crippen LogP contribution in [0, 0.1) is 11.3 Å². The monoisotopic (exact) mass is 195 g/mol. The van der Waals surface area contributed by atoms with Crippen molar-refractivity contribution in [3.8, 4) is 6.07 Å². The summed E-state index contributed by atoms with van der Waals surface area (Å²) in [6, 6.07) is 4.74. The van der Waals surface area contributed by atoms with Gasteiger partial charge in [-0.25, -0.2) is 0 Å². The predicted molar refractivity (Wildman–Crippen MR) is 36.2 cm³/mol. The van der Waals surface area contributed by atoms with Gasteiger partial charge in [0, 0.05) is 0 Å². The number of nitriles is 1. The predicted octanol–water partition coefficient (Wildman–Crippen LogP) is -2.14. The molecule has 1 heterocycles. The van der Waals surface area contributed by atoms with E-state index < -0.39 is 11.1 Å². The fraction of sp³-hybridized carbons (Fsp3) is 0. The Kier molecular flexibility index (Phi) is 5.17. The smallest absolute Gasteiger partial charge is 0.768 e. The fourth-order valence-corrected chi connectivity index (χ4v) is 1.73. The van der Waals surface area contributed by atoms with E-state index in [1.54, 1.807) is 0 Å². The van der Waals surface area contributed by atoms with Crippen LogP contribution in [-0.4, -0.2) is 8.76 Å². The first kappa shape index (κ1) is 11.3. The molecule has 0 aromatic carbocycles. The molecule has 0 fully saturated rings. The summed E-state index contributed by atoms with van der Waals surface area (Å²) in [4.78, 5) is 0.416. The van der Waals surface area contributed by atoms with Crippen molar-refractivity contribution < 1.29 is 38.3 Å². The van der Waals surface area contributed by atoms with Crippen molar-refractivity contribution >= 4 is 22.4 Å². The van der Waals surface area contributed by atoms with E-state index in [0.717, 1.165) is 11.3 Å². The quantitative estimate of drug-likeness (QED) is 0.379. The molecule has 1 atom stereocenters. The van der Waals surface area contributed by atoms with Gasteiger partial charge in [-0.2, -0.15) is 5.26 Å². The van der Waals surface area contributed by atoms with Crippen LogP contribution in [-0.2, 0) is 11.1 Å². The minimum atomic E-state index is -2.19. The van der Waals surface area contributed by atoms with Crippen molar-refractivity contribution in [2.75, 3.05) is 0 Å². The summed E-state index contributed by atoms with van der Waals surface area (Å²) >= 11 is -1.23. The van der Waals surface area contributed by atoms with Gasteiger partial charge in [0.1, 0.15) is 10.9 Å². The average molecular weight is 195 g/mol. The summed E-state index contributed by atoms with van der Waals surface area (Å²) in [7, 11) is 0. The zero-order valence-electron chi connectivity index (χ0n) is 5.73. The number of hydrogen-bond donors (Lipinski definition) is 0. The summed E-state index contributed by atoms with van der Waals surface area (Å²) in [5.41, 5.74) is 0. The maximum absolute atomic E-state index is 10.2. The van der Waals surface area contributed by atoms with E-state index in [4.69, 9.17) is 5.26 Å². The maximum Gasteiger partial charge on any atom is 1.00 e. The summed E-state index contributed by atoms with van der Waals surface area (Å²) in [6.45, 7) is 0. The van der Waals surface area contributed by atoms with Gasteiger partial charge >= 0.3 is 29.6 Å². The molecule has 1 unspecified atom stereocenters. The molecule has 0 radical (unpaired) electrons.